The average molecular weight is 587 g/mol. The number of benzene rings is 3. The Morgan fingerprint density at radius 3 is 2.16 bits per heavy atom. The second kappa shape index (κ2) is 11.4. The molecule has 0 bridgehead atoms. The number of carbonyl (C=O) groups is 2. The molecular weight excluding hydrogens is 567 g/mol. The predicted molar refractivity (Wildman–Crippen MR) is 139 cm³/mol. The summed E-state index contributed by atoms with van der Waals surface area (Å²) in [5.74, 6) is -1.26. The molecule has 0 saturated heterocycles. The van der Waals surface area contributed by atoms with Gasteiger partial charge in [0.25, 0.3) is 26.0 Å². The van der Waals surface area contributed by atoms with E-state index >= 15 is 0 Å². The summed E-state index contributed by atoms with van der Waals surface area (Å²) in [6, 6.07) is 12.9. The number of sulfonamides is 2. The van der Waals surface area contributed by atoms with Crippen LogP contribution in [0, 0.1) is 0 Å². The van der Waals surface area contributed by atoms with Gasteiger partial charge in [-0.25, -0.2) is 16.8 Å². The monoisotopic (exact) mass is 586 g/mol. The van der Waals surface area contributed by atoms with E-state index in [1.54, 1.807) is 0 Å². The molecule has 0 spiro atoms. The molecule has 11 nitrogen and oxygen atoms in total. The van der Waals surface area contributed by atoms with Crippen LogP contribution in [0.3, 0.4) is 0 Å². The zero-order valence-electron chi connectivity index (χ0n) is 19.2. The van der Waals surface area contributed by atoms with Gasteiger partial charge in [-0.3, -0.25) is 19.7 Å². The van der Waals surface area contributed by atoms with Crippen molar-refractivity contribution in [2.75, 3.05) is 17.1 Å². The number of carbonyl (C=O) groups excluding carboxylic acids is 2. The summed E-state index contributed by atoms with van der Waals surface area (Å²) in [6.45, 7) is 1.28. The van der Waals surface area contributed by atoms with Gasteiger partial charge in [-0.1, -0.05) is 23.2 Å². The number of hydrogen-bond acceptors (Lipinski definition) is 7. The highest BCUT2D eigenvalue weighted by atomic mass is 35.5. The SMILES string of the molecule is COc1cc(S(=O)(=O)NNC(=O)c2ccc(Cl)c(S(=O)(=O)Nc3ccc(Cl)cc3)c2)ccc1NC(C)=O. The van der Waals surface area contributed by atoms with Gasteiger partial charge >= 0.3 is 0 Å². The lowest BCUT2D eigenvalue weighted by atomic mass is 10.2. The van der Waals surface area contributed by atoms with Crippen molar-refractivity contribution in [2.24, 2.45) is 0 Å². The standard InChI is InChI=1S/C22H20Cl2N4O7S2/c1-13(29)25-19-10-8-17(12-20(19)35-2)36(31,32)28-26-22(30)14-3-9-18(24)21(11-14)37(33,34)27-16-6-4-15(23)5-7-16/h3-12,27-28H,1-2H3,(H,25,29)(H,26,30). The first-order valence-electron chi connectivity index (χ1n) is 10.2. The van der Waals surface area contributed by atoms with Crippen LogP contribution in [0.15, 0.2) is 70.5 Å². The Morgan fingerprint density at radius 1 is 0.865 bits per heavy atom. The van der Waals surface area contributed by atoms with Gasteiger partial charge in [0.15, 0.2) is 0 Å². The first kappa shape index (κ1) is 28.2. The summed E-state index contributed by atoms with van der Waals surface area (Å²) >= 11 is 11.9. The lowest BCUT2D eigenvalue weighted by molar-refractivity contribution is -0.114. The Kier molecular flexibility index (Phi) is 8.66. The summed E-state index contributed by atoms with van der Waals surface area (Å²) in [6.07, 6.45) is 0. The fraction of sp³-hybridized carbons (Fsp3) is 0.0909. The molecule has 15 heteroatoms. The van der Waals surface area contributed by atoms with Gasteiger partial charge in [0, 0.05) is 29.3 Å². The molecule has 3 rings (SSSR count). The maximum absolute atomic E-state index is 12.8. The molecule has 0 aliphatic heterocycles. The third-order valence-corrected chi connectivity index (χ3v) is 8.03. The molecule has 196 valence electrons. The summed E-state index contributed by atoms with van der Waals surface area (Å²) in [4.78, 5) is 25.2. The Hall–Kier alpha value is -3.36. The molecule has 0 atom stereocenters. The van der Waals surface area contributed by atoms with Gasteiger partial charge in [-0.05, 0) is 54.6 Å². The summed E-state index contributed by atoms with van der Waals surface area (Å²) < 4.78 is 58.4. The molecule has 0 fully saturated rings. The van der Waals surface area contributed by atoms with Crippen molar-refractivity contribution in [3.8, 4) is 5.75 Å². The first-order chi connectivity index (χ1) is 17.3. The lowest BCUT2D eigenvalue weighted by Gasteiger charge is -2.13. The molecule has 4 N–H and O–H groups in total. The number of halogens is 2. The minimum atomic E-state index is -4.27. The van der Waals surface area contributed by atoms with Crippen LogP contribution < -0.4 is 25.0 Å². The number of ether oxygens (including phenoxy) is 1. The third kappa shape index (κ3) is 7.11. The fourth-order valence-corrected chi connectivity index (χ4v) is 5.52. The minimum Gasteiger partial charge on any atom is -0.495 e. The van der Waals surface area contributed by atoms with E-state index in [-0.39, 0.29) is 38.5 Å². The molecule has 0 saturated carbocycles. The average Bonchev–Trinajstić information content (AvgIpc) is 2.84. The molecule has 37 heavy (non-hydrogen) atoms. The van der Waals surface area contributed by atoms with Crippen LogP contribution >= 0.6 is 23.2 Å². The fourth-order valence-electron chi connectivity index (χ4n) is 2.95. The van der Waals surface area contributed by atoms with Crippen molar-refractivity contribution in [1.82, 2.24) is 10.3 Å². The molecule has 0 unspecified atom stereocenters. The van der Waals surface area contributed by atoms with Crippen molar-refractivity contribution in [1.29, 1.82) is 0 Å². The zero-order valence-corrected chi connectivity index (χ0v) is 22.3. The summed E-state index contributed by atoms with van der Waals surface area (Å²) in [7, 11) is -7.19. The van der Waals surface area contributed by atoms with Crippen molar-refractivity contribution in [3.63, 3.8) is 0 Å². The van der Waals surface area contributed by atoms with Crippen molar-refractivity contribution < 1.29 is 31.2 Å². The molecule has 2 amide bonds. The normalized spacial score (nSPS) is 11.5. The van der Waals surface area contributed by atoms with Crippen LogP contribution in [0.4, 0.5) is 11.4 Å². The molecule has 0 aromatic heterocycles. The molecule has 3 aromatic rings. The Morgan fingerprint density at radius 2 is 1.54 bits per heavy atom. The van der Waals surface area contributed by atoms with Crippen LogP contribution in [0.2, 0.25) is 10.0 Å². The highest BCUT2D eigenvalue weighted by Gasteiger charge is 2.22. The second-order valence-corrected chi connectivity index (χ2v) is 11.5. The molecule has 0 heterocycles. The largest absolute Gasteiger partial charge is 0.495 e. The molecule has 3 aromatic carbocycles. The van der Waals surface area contributed by atoms with Crippen LogP contribution in [0.25, 0.3) is 0 Å². The molecule has 0 radical (unpaired) electrons. The van der Waals surface area contributed by atoms with Crippen molar-refractivity contribution in [3.05, 3.63) is 76.3 Å². The topological polar surface area (TPSA) is 160 Å². The molecule has 0 aliphatic rings. The maximum Gasteiger partial charge on any atom is 0.266 e. The summed E-state index contributed by atoms with van der Waals surface area (Å²) in [5, 5.41) is 2.74. The summed E-state index contributed by atoms with van der Waals surface area (Å²) in [5.41, 5.74) is 2.28. The minimum absolute atomic E-state index is 0.0742. The van der Waals surface area contributed by atoms with E-state index in [9.17, 15) is 26.4 Å². The smallest absolute Gasteiger partial charge is 0.266 e. The number of hydrazine groups is 1. The second-order valence-electron chi connectivity index (χ2n) is 7.36. The predicted octanol–water partition coefficient (Wildman–Crippen LogP) is 3.38. The highest BCUT2D eigenvalue weighted by molar-refractivity contribution is 7.92. The zero-order chi connectivity index (χ0) is 27.4. The number of hydrogen-bond donors (Lipinski definition) is 4. The first-order valence-corrected chi connectivity index (χ1v) is 13.9. The Balaban J connectivity index is 1.78. The number of amides is 2. The van der Waals surface area contributed by atoms with Gasteiger partial charge in [0.1, 0.15) is 10.6 Å². The van der Waals surface area contributed by atoms with Gasteiger partial charge in [0.05, 0.1) is 22.7 Å². The van der Waals surface area contributed by atoms with Crippen LogP contribution in [0.1, 0.15) is 17.3 Å². The number of methoxy groups -OCH3 is 1. The van der Waals surface area contributed by atoms with Crippen LogP contribution in [-0.2, 0) is 24.8 Å². The quantitative estimate of drug-likeness (QED) is 0.279. The van der Waals surface area contributed by atoms with Crippen molar-refractivity contribution in [2.45, 2.75) is 16.7 Å². The van der Waals surface area contributed by atoms with E-state index in [0.29, 0.717) is 5.02 Å². The van der Waals surface area contributed by atoms with E-state index in [0.717, 1.165) is 12.1 Å². The van der Waals surface area contributed by atoms with E-state index in [4.69, 9.17) is 27.9 Å². The van der Waals surface area contributed by atoms with Crippen molar-refractivity contribution >= 4 is 66.4 Å². The lowest BCUT2D eigenvalue weighted by Crippen LogP contribution is -2.41. The maximum atomic E-state index is 12.8. The van der Waals surface area contributed by atoms with E-state index in [1.165, 1.54) is 62.6 Å². The van der Waals surface area contributed by atoms with Crippen LogP contribution in [-0.4, -0.2) is 35.8 Å². The van der Waals surface area contributed by atoms with Gasteiger partial charge in [-0.2, -0.15) is 0 Å². The van der Waals surface area contributed by atoms with E-state index in [2.05, 4.69) is 10.0 Å². The number of anilines is 2. The highest BCUT2D eigenvalue weighted by Crippen LogP contribution is 2.28. The number of nitrogens with one attached hydrogen (secondary N) is 4. The van der Waals surface area contributed by atoms with Gasteiger partial charge < -0.3 is 10.1 Å². The van der Waals surface area contributed by atoms with Gasteiger partial charge in [-0.15, -0.1) is 4.83 Å². The third-order valence-electron chi connectivity index (χ3n) is 4.67. The molecular formula is C22H20Cl2N4O7S2. The molecule has 0 aliphatic carbocycles. The Labute approximate surface area is 223 Å². The number of rotatable bonds is 9. The van der Waals surface area contributed by atoms with E-state index < -0.39 is 30.8 Å². The van der Waals surface area contributed by atoms with Crippen LogP contribution in [0.5, 0.6) is 5.75 Å². The Bertz CT molecular complexity index is 1560. The van der Waals surface area contributed by atoms with Gasteiger partial charge in [0.2, 0.25) is 5.91 Å². The van der Waals surface area contributed by atoms with E-state index in [1.807, 2.05) is 10.3 Å².